The van der Waals surface area contributed by atoms with Gasteiger partial charge in [0.25, 0.3) is 0 Å². The molecular formula is C24H36N2O3. The average molecular weight is 401 g/mol. The number of carbonyl (C=O) groups is 1. The zero-order valence-corrected chi connectivity index (χ0v) is 19.1. The van der Waals surface area contributed by atoms with Crippen LogP contribution < -0.4 is 4.90 Å². The lowest BCUT2D eigenvalue weighted by Gasteiger charge is -2.38. The molecule has 0 bridgehead atoms. The highest BCUT2D eigenvalue weighted by atomic mass is 16.6. The largest absolute Gasteiger partial charge is 0.497 e. The fraction of sp³-hybridized carbons (Fsp3) is 0.542. The molecule has 1 saturated heterocycles. The first kappa shape index (κ1) is 22.9. The van der Waals surface area contributed by atoms with E-state index in [2.05, 4.69) is 30.5 Å². The fourth-order valence-corrected chi connectivity index (χ4v) is 3.62. The molecule has 0 atom stereocenters. The van der Waals surface area contributed by atoms with Gasteiger partial charge in [-0.1, -0.05) is 32.6 Å². The molecular weight excluding hydrogens is 364 g/mol. The van der Waals surface area contributed by atoms with E-state index < -0.39 is 5.60 Å². The lowest BCUT2D eigenvalue weighted by atomic mass is 9.95. The standard InChI is InChI=1S/C22H30N2O3.C2H6/c1-15-14-24(21(25)27-22(3,4)5)20(15)18-10-9-17(16(2)26-6)13-19(18)23-11-7-8-12-23;1-2/h9-10,13H,2,7-8,11-12,14H2,1,3-6H3;1-2H3. The third-order valence-corrected chi connectivity index (χ3v) is 4.95. The maximum Gasteiger partial charge on any atom is 0.415 e. The highest BCUT2D eigenvalue weighted by Gasteiger charge is 2.35. The Balaban J connectivity index is 0.00000145. The van der Waals surface area contributed by atoms with E-state index in [1.165, 1.54) is 18.4 Å². The van der Waals surface area contributed by atoms with Crippen molar-refractivity contribution in [2.75, 3.05) is 31.6 Å². The molecule has 5 heteroatoms. The van der Waals surface area contributed by atoms with E-state index in [4.69, 9.17) is 9.47 Å². The third kappa shape index (κ3) is 5.14. The molecule has 5 nitrogen and oxygen atoms in total. The average Bonchev–Trinajstić information content (AvgIpc) is 3.20. The van der Waals surface area contributed by atoms with E-state index in [0.717, 1.165) is 35.6 Å². The van der Waals surface area contributed by atoms with Crippen molar-refractivity contribution in [1.82, 2.24) is 4.90 Å². The van der Waals surface area contributed by atoms with Gasteiger partial charge in [0, 0.05) is 29.9 Å². The van der Waals surface area contributed by atoms with Crippen LogP contribution in [0.15, 0.2) is 30.4 Å². The predicted molar refractivity (Wildman–Crippen MR) is 121 cm³/mol. The van der Waals surface area contributed by atoms with Gasteiger partial charge in [-0.25, -0.2) is 4.79 Å². The number of rotatable bonds is 4. The summed E-state index contributed by atoms with van der Waals surface area (Å²) >= 11 is 0. The first-order chi connectivity index (χ1) is 13.7. The molecule has 2 aliphatic heterocycles. The number of amides is 1. The smallest absolute Gasteiger partial charge is 0.415 e. The summed E-state index contributed by atoms with van der Waals surface area (Å²) in [7, 11) is 1.63. The molecule has 29 heavy (non-hydrogen) atoms. The van der Waals surface area contributed by atoms with Crippen molar-refractivity contribution in [2.24, 2.45) is 0 Å². The van der Waals surface area contributed by atoms with Gasteiger partial charge < -0.3 is 14.4 Å². The van der Waals surface area contributed by atoms with Crippen LogP contribution in [0, 0.1) is 0 Å². The lowest BCUT2D eigenvalue weighted by molar-refractivity contribution is 0.0341. The zero-order valence-electron chi connectivity index (χ0n) is 19.1. The molecule has 1 amide bonds. The molecule has 1 aromatic rings. The van der Waals surface area contributed by atoms with Crippen molar-refractivity contribution in [2.45, 2.75) is 60.0 Å². The quantitative estimate of drug-likeness (QED) is 0.589. The molecule has 160 valence electrons. The van der Waals surface area contributed by atoms with Crippen LogP contribution in [0.1, 0.15) is 65.5 Å². The SMILES string of the molecule is C=C(OC)c1ccc(C2=C(C)CN2C(=O)OC(C)(C)C)c(N2CCCC2)c1.CC. The normalized spacial score (nSPS) is 16.1. The molecule has 3 rings (SSSR count). The Kier molecular flexibility index (Phi) is 7.39. The maximum atomic E-state index is 12.6. The topological polar surface area (TPSA) is 42.0 Å². The van der Waals surface area contributed by atoms with Gasteiger partial charge >= 0.3 is 6.09 Å². The Morgan fingerprint density at radius 2 is 1.76 bits per heavy atom. The summed E-state index contributed by atoms with van der Waals surface area (Å²) in [5.74, 6) is 0.644. The number of nitrogens with zero attached hydrogens (tertiary/aromatic N) is 2. The van der Waals surface area contributed by atoms with Gasteiger partial charge in [0.1, 0.15) is 11.4 Å². The molecule has 0 aromatic heterocycles. The van der Waals surface area contributed by atoms with Crippen LogP contribution in [0.4, 0.5) is 10.5 Å². The van der Waals surface area contributed by atoms with Crippen molar-refractivity contribution >= 4 is 23.2 Å². The summed E-state index contributed by atoms with van der Waals surface area (Å²) in [5.41, 5.74) is 4.80. The second-order valence-corrected chi connectivity index (χ2v) is 8.25. The lowest BCUT2D eigenvalue weighted by Crippen LogP contribution is -2.43. The number of ether oxygens (including phenoxy) is 2. The van der Waals surface area contributed by atoms with Gasteiger partial charge in [0.2, 0.25) is 0 Å². The first-order valence-electron chi connectivity index (χ1n) is 10.5. The molecule has 1 fully saturated rings. The number of methoxy groups -OCH3 is 1. The van der Waals surface area contributed by atoms with Crippen molar-refractivity contribution < 1.29 is 14.3 Å². The molecule has 2 aliphatic rings. The first-order valence-corrected chi connectivity index (χ1v) is 10.5. The van der Waals surface area contributed by atoms with Crippen molar-refractivity contribution in [3.05, 3.63) is 41.5 Å². The molecule has 0 saturated carbocycles. The molecule has 1 aromatic carbocycles. The second kappa shape index (κ2) is 9.38. The van der Waals surface area contributed by atoms with Crippen molar-refractivity contribution in [3.8, 4) is 0 Å². The zero-order chi connectivity index (χ0) is 21.8. The van der Waals surface area contributed by atoms with E-state index >= 15 is 0 Å². The third-order valence-electron chi connectivity index (χ3n) is 4.95. The molecule has 0 unspecified atom stereocenters. The number of benzene rings is 1. The second-order valence-electron chi connectivity index (χ2n) is 8.25. The van der Waals surface area contributed by atoms with Crippen LogP contribution in [0.25, 0.3) is 11.5 Å². The van der Waals surface area contributed by atoms with Gasteiger partial charge in [0.05, 0.1) is 19.4 Å². The van der Waals surface area contributed by atoms with Gasteiger partial charge in [-0.05, 0) is 52.2 Å². The summed E-state index contributed by atoms with van der Waals surface area (Å²) in [6.45, 7) is 18.4. The number of hydrogen-bond acceptors (Lipinski definition) is 4. The minimum atomic E-state index is -0.510. The van der Waals surface area contributed by atoms with E-state index in [1.54, 1.807) is 12.0 Å². The van der Waals surface area contributed by atoms with E-state index in [9.17, 15) is 4.79 Å². The Morgan fingerprint density at radius 1 is 1.14 bits per heavy atom. The van der Waals surface area contributed by atoms with Gasteiger partial charge in [0.15, 0.2) is 0 Å². The summed E-state index contributed by atoms with van der Waals surface area (Å²) < 4.78 is 10.9. The van der Waals surface area contributed by atoms with Crippen LogP contribution in [0.3, 0.4) is 0 Å². The highest BCUT2D eigenvalue weighted by molar-refractivity contribution is 5.92. The Labute approximate surface area is 176 Å². The summed E-state index contributed by atoms with van der Waals surface area (Å²) in [6, 6.07) is 6.20. The van der Waals surface area contributed by atoms with Crippen molar-refractivity contribution in [1.29, 1.82) is 0 Å². The monoisotopic (exact) mass is 400 g/mol. The fourth-order valence-electron chi connectivity index (χ4n) is 3.62. The molecule has 0 spiro atoms. The van der Waals surface area contributed by atoms with Gasteiger partial charge in [-0.3, -0.25) is 4.90 Å². The molecule has 0 aliphatic carbocycles. The van der Waals surface area contributed by atoms with E-state index in [0.29, 0.717) is 12.3 Å². The Hall–Kier alpha value is -2.43. The van der Waals surface area contributed by atoms with Crippen molar-refractivity contribution in [3.63, 3.8) is 0 Å². The Bertz CT molecular complexity index is 784. The van der Waals surface area contributed by atoms with Gasteiger partial charge in [-0.2, -0.15) is 0 Å². The van der Waals surface area contributed by atoms with Crippen LogP contribution in [-0.2, 0) is 9.47 Å². The van der Waals surface area contributed by atoms with Gasteiger partial charge in [-0.15, -0.1) is 0 Å². The summed E-state index contributed by atoms with van der Waals surface area (Å²) in [5, 5.41) is 0. The van der Waals surface area contributed by atoms with Crippen LogP contribution in [-0.4, -0.2) is 43.3 Å². The summed E-state index contributed by atoms with van der Waals surface area (Å²) in [4.78, 5) is 16.8. The van der Waals surface area contributed by atoms with Crippen LogP contribution in [0.2, 0.25) is 0 Å². The van der Waals surface area contributed by atoms with E-state index in [1.807, 2.05) is 40.7 Å². The molecule has 0 radical (unpaired) electrons. The maximum absolute atomic E-state index is 12.6. The van der Waals surface area contributed by atoms with Crippen LogP contribution in [0.5, 0.6) is 0 Å². The minimum absolute atomic E-state index is 0.291. The number of anilines is 1. The number of carbonyl (C=O) groups excluding carboxylic acids is 1. The predicted octanol–water partition coefficient (Wildman–Crippen LogP) is 5.91. The van der Waals surface area contributed by atoms with E-state index in [-0.39, 0.29) is 6.09 Å². The Morgan fingerprint density at radius 3 is 2.28 bits per heavy atom. The highest BCUT2D eigenvalue weighted by Crippen LogP contribution is 2.40. The molecule has 2 heterocycles. The molecule has 0 N–H and O–H groups in total. The van der Waals surface area contributed by atoms with Crippen LogP contribution >= 0.6 is 0 Å². The minimum Gasteiger partial charge on any atom is -0.497 e. The number of hydrogen-bond donors (Lipinski definition) is 0. The summed E-state index contributed by atoms with van der Waals surface area (Å²) in [6.07, 6.45) is 2.08.